The average molecular weight is 1110 g/mol. The first kappa shape index (κ1) is 77.3. The molecule has 6 nitrogen and oxygen atoms in total. The van der Waals surface area contributed by atoms with Gasteiger partial charge in [-0.15, -0.1) is 0 Å². The van der Waals surface area contributed by atoms with Crippen LogP contribution in [0.2, 0.25) is 0 Å². The lowest BCUT2D eigenvalue weighted by Crippen LogP contribution is -2.45. The number of amides is 1. The highest BCUT2D eigenvalue weighted by molar-refractivity contribution is 5.76. The van der Waals surface area contributed by atoms with E-state index >= 15 is 0 Å². The number of carbonyl (C=O) groups excluding carboxylic acids is 2. The molecule has 0 heterocycles. The molecule has 0 spiro atoms. The van der Waals surface area contributed by atoms with Gasteiger partial charge in [-0.2, -0.15) is 0 Å². The molecule has 0 aromatic rings. The largest absolute Gasteiger partial charge is 0.466 e. The molecule has 0 bridgehead atoms. The second-order valence-corrected chi connectivity index (χ2v) is 24.9. The molecule has 3 N–H and O–H groups in total. The fourth-order valence-electron chi connectivity index (χ4n) is 11.5. The number of carbonyl (C=O) groups is 2. The summed E-state index contributed by atoms with van der Waals surface area (Å²) in [5, 5.41) is 23.5. The summed E-state index contributed by atoms with van der Waals surface area (Å²) in [7, 11) is 0. The number of aliphatic hydroxyl groups excluding tert-OH is 2. The van der Waals surface area contributed by atoms with Crippen LogP contribution in [0.1, 0.15) is 406 Å². The molecule has 0 aliphatic carbocycles. The van der Waals surface area contributed by atoms with Gasteiger partial charge in [0.2, 0.25) is 5.91 Å². The molecule has 0 saturated heterocycles. The van der Waals surface area contributed by atoms with Crippen molar-refractivity contribution < 1.29 is 24.5 Å². The van der Waals surface area contributed by atoms with E-state index in [1.54, 1.807) is 0 Å². The number of nitrogens with one attached hydrogen (secondary N) is 1. The summed E-state index contributed by atoms with van der Waals surface area (Å²) in [5.74, 6) is -0.0272. The Balaban J connectivity index is 3.37. The number of aliphatic hydroxyl groups is 2. The summed E-state index contributed by atoms with van der Waals surface area (Å²) in [6.45, 7) is 4.95. The summed E-state index contributed by atoms with van der Waals surface area (Å²) < 4.78 is 5.48. The van der Waals surface area contributed by atoms with Crippen molar-refractivity contribution >= 4 is 11.9 Å². The van der Waals surface area contributed by atoms with Crippen LogP contribution in [0.3, 0.4) is 0 Å². The highest BCUT2D eigenvalue weighted by atomic mass is 16.5. The summed E-state index contributed by atoms with van der Waals surface area (Å²) in [6, 6.07) is -0.542. The van der Waals surface area contributed by atoms with Crippen molar-refractivity contribution in [2.24, 2.45) is 0 Å². The SMILES string of the molecule is CCCC/C=C\C/C=C\CCCCCCCC(=O)OCCCCCCCCCCCCCCCCCCCCCCCCCCC(=O)NC(CO)C(O)CCCCCCCCCCCCCCCCCCCCCCCCCC. The van der Waals surface area contributed by atoms with Gasteiger partial charge in [0.25, 0.3) is 0 Å². The molecule has 2 unspecified atom stereocenters. The average Bonchev–Trinajstić information content (AvgIpc) is 3.45. The van der Waals surface area contributed by atoms with E-state index < -0.39 is 12.1 Å². The third-order valence-electron chi connectivity index (χ3n) is 17.0. The van der Waals surface area contributed by atoms with Crippen LogP contribution in [0, 0.1) is 0 Å². The number of rotatable bonds is 68. The third-order valence-corrected chi connectivity index (χ3v) is 17.0. The van der Waals surface area contributed by atoms with Crippen LogP contribution in [-0.2, 0) is 14.3 Å². The molecule has 2 atom stereocenters. The lowest BCUT2D eigenvalue weighted by atomic mass is 10.0. The number of allylic oxidation sites excluding steroid dienone is 4. The van der Waals surface area contributed by atoms with Crippen LogP contribution in [0.5, 0.6) is 0 Å². The normalized spacial score (nSPS) is 12.6. The molecular formula is C73H141NO5. The molecule has 0 radical (unpaired) electrons. The van der Waals surface area contributed by atoms with Crippen molar-refractivity contribution in [3.63, 3.8) is 0 Å². The smallest absolute Gasteiger partial charge is 0.305 e. The Bertz CT molecular complexity index is 1230. The molecule has 0 aliphatic rings. The predicted octanol–water partition coefficient (Wildman–Crippen LogP) is 23.3. The van der Waals surface area contributed by atoms with Gasteiger partial charge in [-0.05, 0) is 51.4 Å². The van der Waals surface area contributed by atoms with Crippen molar-refractivity contribution in [1.29, 1.82) is 0 Å². The highest BCUT2D eigenvalue weighted by Crippen LogP contribution is 2.19. The van der Waals surface area contributed by atoms with Gasteiger partial charge in [0.1, 0.15) is 0 Å². The van der Waals surface area contributed by atoms with E-state index in [9.17, 15) is 19.8 Å². The summed E-state index contributed by atoms with van der Waals surface area (Å²) in [4.78, 5) is 24.6. The predicted molar refractivity (Wildman–Crippen MR) is 347 cm³/mol. The minimum Gasteiger partial charge on any atom is -0.466 e. The van der Waals surface area contributed by atoms with Crippen molar-refractivity contribution in [3.8, 4) is 0 Å². The fraction of sp³-hybridized carbons (Fsp3) is 0.918. The quantitative estimate of drug-likeness (QED) is 0.0320. The molecule has 6 heteroatoms. The molecule has 468 valence electrons. The minimum absolute atomic E-state index is 0.00176. The van der Waals surface area contributed by atoms with Crippen LogP contribution in [0.15, 0.2) is 24.3 Å². The number of unbranched alkanes of at least 4 members (excludes halogenated alkanes) is 53. The first-order valence-corrected chi connectivity index (χ1v) is 36.1. The van der Waals surface area contributed by atoms with Crippen LogP contribution in [0.25, 0.3) is 0 Å². The summed E-state index contributed by atoms with van der Waals surface area (Å²) >= 11 is 0. The Morgan fingerprint density at radius 2 is 0.646 bits per heavy atom. The fourth-order valence-corrected chi connectivity index (χ4v) is 11.5. The molecule has 1 amide bonds. The number of esters is 1. The molecule has 0 rings (SSSR count). The van der Waals surface area contributed by atoms with Crippen LogP contribution in [0.4, 0.5) is 0 Å². The number of ether oxygens (including phenoxy) is 1. The Kier molecular flexibility index (Phi) is 67.4. The molecular weight excluding hydrogens is 971 g/mol. The maximum atomic E-state index is 12.6. The van der Waals surface area contributed by atoms with E-state index in [4.69, 9.17) is 4.74 Å². The maximum Gasteiger partial charge on any atom is 0.305 e. The van der Waals surface area contributed by atoms with E-state index in [0.717, 1.165) is 51.4 Å². The Morgan fingerprint density at radius 1 is 0.354 bits per heavy atom. The van der Waals surface area contributed by atoms with Gasteiger partial charge in [-0.3, -0.25) is 9.59 Å². The Labute approximate surface area is 494 Å². The van der Waals surface area contributed by atoms with Gasteiger partial charge < -0.3 is 20.3 Å². The summed E-state index contributed by atoms with van der Waals surface area (Å²) in [5.41, 5.74) is 0. The first-order chi connectivity index (χ1) is 39.0. The molecule has 0 aromatic carbocycles. The highest BCUT2D eigenvalue weighted by Gasteiger charge is 2.20. The van der Waals surface area contributed by atoms with Gasteiger partial charge in [-0.25, -0.2) is 0 Å². The molecule has 0 fully saturated rings. The second-order valence-electron chi connectivity index (χ2n) is 24.9. The Hall–Kier alpha value is -1.66. The van der Waals surface area contributed by atoms with Crippen LogP contribution < -0.4 is 5.32 Å². The van der Waals surface area contributed by atoms with Gasteiger partial charge in [0.05, 0.1) is 25.4 Å². The zero-order valence-corrected chi connectivity index (χ0v) is 53.6. The second kappa shape index (κ2) is 68.8. The molecule has 0 saturated carbocycles. The number of hydrogen-bond acceptors (Lipinski definition) is 5. The standard InChI is InChI=1S/C73H141NO5/c1-3-5-7-9-11-13-15-17-19-20-21-22-23-26-29-32-35-38-41-45-49-53-57-61-65-71(76)70(69-75)74-72(77)66-62-58-54-50-46-42-39-36-33-30-27-24-25-28-31-34-37-40-44-48-52-56-60-64-68-79-73(78)67-63-59-55-51-47-43-18-16-14-12-10-8-6-4-2/h10,12,16,18,70-71,75-76H,3-9,11,13-15,17,19-69H2,1-2H3,(H,74,77)/b12-10-,18-16-. The third kappa shape index (κ3) is 65.4. The van der Waals surface area contributed by atoms with Crippen molar-refractivity contribution in [2.45, 2.75) is 418 Å². The van der Waals surface area contributed by atoms with Crippen molar-refractivity contribution in [3.05, 3.63) is 24.3 Å². The maximum absolute atomic E-state index is 12.6. The van der Waals surface area contributed by atoms with E-state index in [-0.39, 0.29) is 18.5 Å². The first-order valence-electron chi connectivity index (χ1n) is 36.1. The monoisotopic (exact) mass is 1110 g/mol. The summed E-state index contributed by atoms with van der Waals surface area (Å²) in [6.07, 6.45) is 86.6. The number of hydrogen-bond donors (Lipinski definition) is 3. The lowest BCUT2D eigenvalue weighted by Gasteiger charge is -2.22. The lowest BCUT2D eigenvalue weighted by molar-refractivity contribution is -0.143. The van der Waals surface area contributed by atoms with E-state index in [1.807, 2.05) is 0 Å². The van der Waals surface area contributed by atoms with Crippen molar-refractivity contribution in [1.82, 2.24) is 5.32 Å². The van der Waals surface area contributed by atoms with E-state index in [2.05, 4.69) is 43.5 Å². The molecule has 79 heavy (non-hydrogen) atoms. The van der Waals surface area contributed by atoms with Crippen molar-refractivity contribution in [2.75, 3.05) is 13.2 Å². The minimum atomic E-state index is -0.665. The molecule has 0 aliphatic heterocycles. The van der Waals surface area contributed by atoms with E-state index in [1.165, 1.54) is 321 Å². The van der Waals surface area contributed by atoms with E-state index in [0.29, 0.717) is 25.9 Å². The van der Waals surface area contributed by atoms with Gasteiger partial charge >= 0.3 is 5.97 Å². The van der Waals surface area contributed by atoms with Gasteiger partial charge in [0, 0.05) is 12.8 Å². The zero-order valence-electron chi connectivity index (χ0n) is 53.6. The zero-order chi connectivity index (χ0) is 57.1. The van der Waals surface area contributed by atoms with Gasteiger partial charge in [0.15, 0.2) is 0 Å². The molecule has 0 aromatic heterocycles. The van der Waals surface area contributed by atoms with Crippen LogP contribution in [-0.4, -0.2) is 47.4 Å². The van der Waals surface area contributed by atoms with Gasteiger partial charge in [-0.1, -0.05) is 366 Å². The van der Waals surface area contributed by atoms with Crippen LogP contribution >= 0.6 is 0 Å². The topological polar surface area (TPSA) is 95.9 Å². The Morgan fingerprint density at radius 3 is 1.00 bits per heavy atom.